The van der Waals surface area contributed by atoms with Crippen molar-refractivity contribution in [1.82, 2.24) is 4.31 Å². The summed E-state index contributed by atoms with van der Waals surface area (Å²) in [7, 11) is -2.20. The molecule has 0 bridgehead atoms. The fraction of sp³-hybridized carbons (Fsp3) is 0.684. The van der Waals surface area contributed by atoms with Crippen molar-refractivity contribution in [2.24, 2.45) is 0 Å². The van der Waals surface area contributed by atoms with Crippen molar-refractivity contribution in [3.05, 3.63) is 24.0 Å². The molecule has 146 valence electrons. The van der Waals surface area contributed by atoms with E-state index >= 15 is 0 Å². The molecule has 1 saturated heterocycles. The second-order valence-electron chi connectivity index (χ2n) is 7.22. The summed E-state index contributed by atoms with van der Waals surface area (Å²) in [6, 6.07) is 3.92. The van der Waals surface area contributed by atoms with Crippen LogP contribution in [0.2, 0.25) is 0 Å². The average molecular weight is 386 g/mol. The lowest BCUT2D eigenvalue weighted by atomic mass is 10.1. The van der Waals surface area contributed by atoms with E-state index in [9.17, 15) is 12.8 Å². The molecular weight excluding hydrogens is 357 g/mol. The van der Waals surface area contributed by atoms with Gasteiger partial charge in [0.1, 0.15) is 0 Å². The number of hydrogen-bond acceptors (Lipinski definition) is 4. The third-order valence-corrected chi connectivity index (χ3v) is 7.10. The first-order valence-corrected chi connectivity index (χ1v) is 10.9. The van der Waals surface area contributed by atoms with Crippen LogP contribution in [0.15, 0.2) is 23.1 Å². The second-order valence-corrected chi connectivity index (χ2v) is 9.27. The monoisotopic (exact) mass is 385 g/mol. The number of nitrogens with zero attached hydrogens (tertiary/aromatic N) is 1. The van der Waals surface area contributed by atoms with Crippen molar-refractivity contribution >= 4 is 10.0 Å². The number of halogens is 1. The Kier molecular flexibility index (Phi) is 6.53. The molecule has 2 aliphatic rings. The molecule has 7 heteroatoms. The lowest BCUT2D eigenvalue weighted by molar-refractivity contribution is 0.00950. The molecular formula is C19H28FNO4S. The maximum absolute atomic E-state index is 14.3. The molecule has 26 heavy (non-hydrogen) atoms. The minimum atomic E-state index is -3.72. The van der Waals surface area contributed by atoms with Gasteiger partial charge < -0.3 is 9.47 Å². The van der Waals surface area contributed by atoms with Gasteiger partial charge in [0.25, 0.3) is 0 Å². The van der Waals surface area contributed by atoms with Crippen LogP contribution in [0.1, 0.15) is 51.4 Å². The first-order chi connectivity index (χ1) is 12.5. The van der Waals surface area contributed by atoms with Crippen LogP contribution in [0, 0.1) is 5.82 Å². The molecule has 0 N–H and O–H groups in total. The van der Waals surface area contributed by atoms with Gasteiger partial charge in [-0.3, -0.25) is 0 Å². The molecule has 0 radical (unpaired) electrons. The van der Waals surface area contributed by atoms with Crippen LogP contribution in [0.5, 0.6) is 5.75 Å². The molecule has 1 aliphatic heterocycles. The van der Waals surface area contributed by atoms with E-state index in [0.717, 1.165) is 57.6 Å². The van der Waals surface area contributed by atoms with Gasteiger partial charge in [-0.05, 0) is 69.6 Å². The quantitative estimate of drug-likeness (QED) is 0.718. The molecule has 2 fully saturated rings. The molecule has 1 atom stereocenters. The Balaban J connectivity index is 1.62. The highest BCUT2D eigenvalue weighted by Crippen LogP contribution is 2.28. The summed E-state index contributed by atoms with van der Waals surface area (Å²) in [5, 5.41) is 0. The van der Waals surface area contributed by atoms with Gasteiger partial charge in [-0.25, -0.2) is 17.1 Å². The van der Waals surface area contributed by atoms with E-state index in [2.05, 4.69) is 0 Å². The van der Waals surface area contributed by atoms with Gasteiger partial charge in [-0.15, -0.1) is 0 Å². The van der Waals surface area contributed by atoms with E-state index in [0.29, 0.717) is 13.0 Å². The Labute approximate surface area is 155 Å². The van der Waals surface area contributed by atoms with E-state index in [1.54, 1.807) is 0 Å². The second kappa shape index (κ2) is 8.67. The molecule has 3 rings (SSSR count). The van der Waals surface area contributed by atoms with Crippen LogP contribution in [0.3, 0.4) is 0 Å². The summed E-state index contributed by atoms with van der Waals surface area (Å²) in [5.74, 6) is -0.490. The summed E-state index contributed by atoms with van der Waals surface area (Å²) in [6.45, 7) is 1.10. The Bertz CT molecular complexity index is 697. The SMILES string of the molecule is CN(CCC1CCCCO1)S(=O)(=O)c1ccc(OC2CCCC2)c(F)c1. The fourth-order valence-electron chi connectivity index (χ4n) is 3.58. The molecule has 1 saturated carbocycles. The third-order valence-electron chi connectivity index (χ3n) is 5.25. The molecule has 0 aromatic heterocycles. The summed E-state index contributed by atoms with van der Waals surface area (Å²) in [4.78, 5) is -0.0409. The van der Waals surface area contributed by atoms with E-state index in [-0.39, 0.29) is 22.9 Å². The summed E-state index contributed by atoms with van der Waals surface area (Å²) in [6.07, 6.45) is 7.98. The lowest BCUT2D eigenvalue weighted by Crippen LogP contribution is -2.31. The van der Waals surface area contributed by atoms with Crippen molar-refractivity contribution in [3.63, 3.8) is 0 Å². The summed E-state index contributed by atoms with van der Waals surface area (Å²) < 4.78 is 52.3. The molecule has 1 aromatic carbocycles. The van der Waals surface area contributed by atoms with Crippen LogP contribution < -0.4 is 4.74 Å². The van der Waals surface area contributed by atoms with Gasteiger partial charge >= 0.3 is 0 Å². The predicted molar refractivity (Wildman–Crippen MR) is 97.3 cm³/mol. The molecule has 1 unspecified atom stereocenters. The highest BCUT2D eigenvalue weighted by Gasteiger charge is 2.25. The number of sulfonamides is 1. The van der Waals surface area contributed by atoms with Crippen molar-refractivity contribution in [1.29, 1.82) is 0 Å². The van der Waals surface area contributed by atoms with Gasteiger partial charge in [-0.1, -0.05) is 0 Å². The van der Waals surface area contributed by atoms with Gasteiger partial charge in [0.05, 0.1) is 17.1 Å². The Morgan fingerprint density at radius 3 is 2.58 bits per heavy atom. The zero-order valence-corrected chi connectivity index (χ0v) is 16.1. The van der Waals surface area contributed by atoms with Crippen LogP contribution in [0.4, 0.5) is 4.39 Å². The summed E-state index contributed by atoms with van der Waals surface area (Å²) in [5.41, 5.74) is 0. The van der Waals surface area contributed by atoms with Gasteiger partial charge in [0.15, 0.2) is 11.6 Å². The van der Waals surface area contributed by atoms with Crippen molar-refractivity contribution in [2.45, 2.75) is 68.5 Å². The maximum Gasteiger partial charge on any atom is 0.242 e. The van der Waals surface area contributed by atoms with Gasteiger partial charge in [0.2, 0.25) is 10.0 Å². The van der Waals surface area contributed by atoms with E-state index < -0.39 is 15.8 Å². The average Bonchev–Trinajstić information content (AvgIpc) is 3.15. The van der Waals surface area contributed by atoms with Gasteiger partial charge in [-0.2, -0.15) is 0 Å². The minimum Gasteiger partial charge on any atom is -0.487 e. The molecule has 0 amide bonds. The Hall–Kier alpha value is -1.18. The van der Waals surface area contributed by atoms with Crippen LogP contribution in [-0.2, 0) is 14.8 Å². The summed E-state index contributed by atoms with van der Waals surface area (Å²) >= 11 is 0. The van der Waals surface area contributed by atoms with Crippen molar-refractivity contribution in [3.8, 4) is 5.75 Å². The van der Waals surface area contributed by atoms with E-state index in [1.165, 1.54) is 23.5 Å². The van der Waals surface area contributed by atoms with Crippen LogP contribution in [-0.4, -0.2) is 45.1 Å². The minimum absolute atomic E-state index is 0.0325. The molecule has 1 heterocycles. The van der Waals surface area contributed by atoms with Crippen molar-refractivity contribution in [2.75, 3.05) is 20.2 Å². The molecule has 5 nitrogen and oxygen atoms in total. The predicted octanol–water partition coefficient (Wildman–Crippen LogP) is 3.73. The molecule has 1 aromatic rings. The van der Waals surface area contributed by atoms with Crippen molar-refractivity contribution < 1.29 is 22.3 Å². The Morgan fingerprint density at radius 2 is 1.92 bits per heavy atom. The standard InChI is InChI=1S/C19H28FNO4S/c1-21(12-11-15-6-4-5-13-24-15)26(22,23)17-9-10-19(18(20)14-17)25-16-7-2-3-8-16/h9-10,14-16H,2-8,11-13H2,1H3. The smallest absolute Gasteiger partial charge is 0.242 e. The van der Waals surface area contributed by atoms with Crippen LogP contribution in [0.25, 0.3) is 0 Å². The first kappa shape index (κ1) is 19.6. The number of benzene rings is 1. The molecule has 0 spiro atoms. The first-order valence-electron chi connectivity index (χ1n) is 9.51. The lowest BCUT2D eigenvalue weighted by Gasteiger charge is -2.25. The van der Waals surface area contributed by atoms with Crippen LogP contribution >= 0.6 is 0 Å². The Morgan fingerprint density at radius 1 is 1.19 bits per heavy atom. The maximum atomic E-state index is 14.3. The van der Waals surface area contributed by atoms with E-state index in [4.69, 9.17) is 9.47 Å². The largest absolute Gasteiger partial charge is 0.487 e. The highest BCUT2D eigenvalue weighted by atomic mass is 32.2. The zero-order valence-electron chi connectivity index (χ0n) is 15.3. The number of hydrogen-bond donors (Lipinski definition) is 0. The highest BCUT2D eigenvalue weighted by molar-refractivity contribution is 7.89. The topological polar surface area (TPSA) is 55.8 Å². The normalized spacial score (nSPS) is 22.0. The zero-order chi connectivity index (χ0) is 18.6. The number of rotatable bonds is 7. The fourth-order valence-corrected chi connectivity index (χ4v) is 4.78. The van der Waals surface area contributed by atoms with E-state index in [1.807, 2.05) is 0 Å². The third kappa shape index (κ3) is 4.75. The number of ether oxygens (including phenoxy) is 2. The molecule has 1 aliphatic carbocycles. The van der Waals surface area contributed by atoms with Gasteiger partial charge in [0, 0.05) is 20.2 Å².